The summed E-state index contributed by atoms with van der Waals surface area (Å²) in [6, 6.07) is 13.3. The smallest absolute Gasteiger partial charge is 0.328 e. The fraction of sp³-hybridized carbons (Fsp3) is 0.381. The predicted molar refractivity (Wildman–Crippen MR) is 98.3 cm³/mol. The van der Waals surface area contributed by atoms with Gasteiger partial charge in [0.2, 0.25) is 0 Å². The molecule has 2 aromatic carbocycles. The number of ether oxygens (including phenoxy) is 1. The number of benzene rings is 2. The highest BCUT2D eigenvalue weighted by Crippen LogP contribution is 2.23. The number of nitrogens with two attached hydrogens (primary N) is 1. The zero-order chi connectivity index (χ0) is 17.5. The number of hydrogen-bond acceptors (Lipinski definition) is 3. The molecule has 0 spiro atoms. The molecule has 0 amide bonds. The fourth-order valence-electron chi connectivity index (χ4n) is 2.92. The summed E-state index contributed by atoms with van der Waals surface area (Å²) in [6.45, 7) is 6.23. The zero-order valence-corrected chi connectivity index (χ0v) is 14.8. The van der Waals surface area contributed by atoms with Crippen LogP contribution in [0.1, 0.15) is 42.5 Å². The van der Waals surface area contributed by atoms with Crippen LogP contribution in [0.15, 0.2) is 42.5 Å². The third-order valence-electron chi connectivity index (χ3n) is 4.37. The highest BCUT2D eigenvalue weighted by Gasteiger charge is 2.19. The van der Waals surface area contributed by atoms with Crippen molar-refractivity contribution >= 4 is 5.97 Å². The molecule has 0 saturated heterocycles. The zero-order valence-electron chi connectivity index (χ0n) is 14.8. The van der Waals surface area contributed by atoms with Crippen molar-refractivity contribution in [1.82, 2.24) is 0 Å². The summed E-state index contributed by atoms with van der Waals surface area (Å²) in [5, 5.41) is 0. The molecule has 2 N–H and O–H groups in total. The second-order valence-electron chi connectivity index (χ2n) is 6.14. The predicted octanol–water partition coefficient (Wildman–Crippen LogP) is 3.99. The third kappa shape index (κ3) is 4.45. The number of rotatable bonds is 7. The number of esters is 1. The van der Waals surface area contributed by atoms with E-state index in [-0.39, 0.29) is 5.97 Å². The van der Waals surface area contributed by atoms with Gasteiger partial charge < -0.3 is 10.5 Å². The molecule has 2 rings (SSSR count). The highest BCUT2D eigenvalue weighted by molar-refractivity contribution is 5.78. The molecule has 0 aromatic heterocycles. The molecule has 0 aliphatic rings. The maximum absolute atomic E-state index is 12.4. The van der Waals surface area contributed by atoms with Crippen LogP contribution in [0.2, 0.25) is 0 Å². The van der Waals surface area contributed by atoms with Crippen molar-refractivity contribution in [2.45, 2.75) is 52.5 Å². The molecule has 0 aliphatic heterocycles. The molecule has 0 bridgehead atoms. The van der Waals surface area contributed by atoms with Gasteiger partial charge in [0.05, 0.1) is 0 Å². The van der Waals surface area contributed by atoms with E-state index in [9.17, 15) is 4.79 Å². The van der Waals surface area contributed by atoms with Crippen LogP contribution in [0.4, 0.5) is 0 Å². The van der Waals surface area contributed by atoms with Crippen LogP contribution in [-0.4, -0.2) is 12.0 Å². The Morgan fingerprint density at radius 1 is 1.04 bits per heavy atom. The molecule has 3 heteroatoms. The van der Waals surface area contributed by atoms with Gasteiger partial charge in [-0.05, 0) is 54.5 Å². The molecule has 128 valence electrons. The first kappa shape index (κ1) is 18.2. The quantitative estimate of drug-likeness (QED) is 0.619. The molecule has 1 unspecified atom stereocenters. The van der Waals surface area contributed by atoms with Gasteiger partial charge in [-0.15, -0.1) is 0 Å². The van der Waals surface area contributed by atoms with E-state index in [0.717, 1.165) is 30.4 Å². The standard InChI is InChI=1S/C21H27NO2/c1-4-9-17-12-8-13-20(15(17)3)24-21(23)19(22)14-18-11-7-6-10-16(18)5-2/h6-8,10-13,19H,4-5,9,14,22H2,1-3H3. The van der Waals surface area contributed by atoms with E-state index in [1.807, 2.05) is 37.3 Å². The number of carbonyl (C=O) groups excluding carboxylic acids is 1. The van der Waals surface area contributed by atoms with Crippen molar-refractivity contribution in [3.8, 4) is 5.75 Å². The lowest BCUT2D eigenvalue weighted by atomic mass is 9.99. The van der Waals surface area contributed by atoms with Crippen LogP contribution in [0.25, 0.3) is 0 Å². The molecular weight excluding hydrogens is 298 g/mol. The summed E-state index contributed by atoms with van der Waals surface area (Å²) in [5.41, 5.74) is 10.7. The third-order valence-corrected chi connectivity index (χ3v) is 4.37. The summed E-state index contributed by atoms with van der Waals surface area (Å²) in [6.07, 6.45) is 3.46. The Morgan fingerprint density at radius 2 is 1.71 bits per heavy atom. The Labute approximate surface area is 144 Å². The lowest BCUT2D eigenvalue weighted by Gasteiger charge is -2.16. The summed E-state index contributed by atoms with van der Waals surface area (Å²) in [7, 11) is 0. The molecule has 0 radical (unpaired) electrons. The van der Waals surface area contributed by atoms with E-state index in [2.05, 4.69) is 26.0 Å². The van der Waals surface area contributed by atoms with Gasteiger partial charge in [-0.2, -0.15) is 0 Å². The van der Waals surface area contributed by atoms with Crippen LogP contribution >= 0.6 is 0 Å². The van der Waals surface area contributed by atoms with Gasteiger partial charge in [-0.1, -0.05) is 56.7 Å². The maximum Gasteiger partial charge on any atom is 0.328 e. The van der Waals surface area contributed by atoms with E-state index >= 15 is 0 Å². The van der Waals surface area contributed by atoms with E-state index < -0.39 is 6.04 Å². The van der Waals surface area contributed by atoms with E-state index in [1.54, 1.807) is 0 Å². The Bertz CT molecular complexity index is 694. The minimum absolute atomic E-state index is 0.377. The Kier molecular flexibility index (Phi) is 6.56. The maximum atomic E-state index is 12.4. The monoisotopic (exact) mass is 325 g/mol. The SMILES string of the molecule is CCCc1cccc(OC(=O)C(N)Cc2ccccc2CC)c1C. The Morgan fingerprint density at radius 3 is 2.38 bits per heavy atom. The second-order valence-corrected chi connectivity index (χ2v) is 6.14. The number of carbonyl (C=O) groups is 1. The van der Waals surface area contributed by atoms with Gasteiger partial charge in [-0.3, -0.25) is 0 Å². The topological polar surface area (TPSA) is 52.3 Å². The average Bonchev–Trinajstić information content (AvgIpc) is 2.59. The first-order chi connectivity index (χ1) is 11.6. The van der Waals surface area contributed by atoms with Gasteiger partial charge in [0.1, 0.15) is 11.8 Å². The van der Waals surface area contributed by atoms with Gasteiger partial charge in [-0.25, -0.2) is 4.79 Å². The van der Waals surface area contributed by atoms with Gasteiger partial charge in [0, 0.05) is 0 Å². The molecule has 0 aliphatic carbocycles. The lowest BCUT2D eigenvalue weighted by molar-refractivity contribution is -0.135. The molecular formula is C21H27NO2. The molecule has 3 nitrogen and oxygen atoms in total. The summed E-state index contributed by atoms with van der Waals surface area (Å²) in [5.74, 6) is 0.239. The van der Waals surface area contributed by atoms with E-state index in [4.69, 9.17) is 10.5 Å². The van der Waals surface area contributed by atoms with E-state index in [1.165, 1.54) is 11.1 Å². The van der Waals surface area contributed by atoms with Crippen molar-refractivity contribution in [1.29, 1.82) is 0 Å². The van der Waals surface area contributed by atoms with Gasteiger partial charge in [0.15, 0.2) is 0 Å². The van der Waals surface area contributed by atoms with Gasteiger partial charge in [0.25, 0.3) is 0 Å². The normalized spacial score (nSPS) is 12.0. The van der Waals surface area contributed by atoms with Crippen LogP contribution in [0, 0.1) is 6.92 Å². The fourth-order valence-corrected chi connectivity index (χ4v) is 2.92. The van der Waals surface area contributed by atoms with Crippen molar-refractivity contribution in [3.63, 3.8) is 0 Å². The van der Waals surface area contributed by atoms with Crippen LogP contribution in [-0.2, 0) is 24.1 Å². The second kappa shape index (κ2) is 8.65. The highest BCUT2D eigenvalue weighted by atomic mass is 16.5. The van der Waals surface area contributed by atoms with Gasteiger partial charge >= 0.3 is 5.97 Å². The minimum atomic E-state index is -0.660. The first-order valence-corrected chi connectivity index (χ1v) is 8.69. The Balaban J connectivity index is 2.08. The summed E-state index contributed by atoms with van der Waals surface area (Å²) in [4.78, 5) is 12.4. The molecule has 0 saturated carbocycles. The minimum Gasteiger partial charge on any atom is -0.425 e. The molecule has 0 heterocycles. The first-order valence-electron chi connectivity index (χ1n) is 8.69. The Hall–Kier alpha value is -2.13. The number of hydrogen-bond donors (Lipinski definition) is 1. The molecule has 0 fully saturated rings. The number of aryl methyl sites for hydroxylation is 2. The summed E-state index contributed by atoms with van der Waals surface area (Å²) < 4.78 is 5.58. The van der Waals surface area contributed by atoms with Crippen molar-refractivity contribution < 1.29 is 9.53 Å². The van der Waals surface area contributed by atoms with Crippen molar-refractivity contribution in [2.75, 3.05) is 0 Å². The average molecular weight is 325 g/mol. The lowest BCUT2D eigenvalue weighted by Crippen LogP contribution is -2.36. The molecule has 24 heavy (non-hydrogen) atoms. The van der Waals surface area contributed by atoms with Crippen LogP contribution in [0.5, 0.6) is 5.75 Å². The molecule has 1 atom stereocenters. The van der Waals surface area contributed by atoms with Crippen molar-refractivity contribution in [3.05, 3.63) is 64.7 Å². The summed E-state index contributed by atoms with van der Waals surface area (Å²) >= 11 is 0. The molecule has 2 aromatic rings. The van der Waals surface area contributed by atoms with Crippen LogP contribution in [0.3, 0.4) is 0 Å². The van der Waals surface area contributed by atoms with E-state index in [0.29, 0.717) is 12.2 Å². The van der Waals surface area contributed by atoms with Crippen molar-refractivity contribution in [2.24, 2.45) is 5.73 Å². The van der Waals surface area contributed by atoms with Crippen LogP contribution < -0.4 is 10.5 Å². The largest absolute Gasteiger partial charge is 0.425 e.